The van der Waals surface area contributed by atoms with Crippen LogP contribution in [0.5, 0.6) is 0 Å². The molecule has 1 atom stereocenters. The number of halogens is 1. The van der Waals surface area contributed by atoms with Crippen LogP contribution in [0.3, 0.4) is 0 Å². The van der Waals surface area contributed by atoms with Crippen LogP contribution < -0.4 is 5.32 Å². The first-order chi connectivity index (χ1) is 9.72. The maximum atomic E-state index is 13.2. The molecule has 0 amide bonds. The second kappa shape index (κ2) is 5.32. The van der Waals surface area contributed by atoms with Gasteiger partial charge in [-0.1, -0.05) is 24.2 Å². The Kier molecular flexibility index (Phi) is 3.53. The first-order valence-corrected chi connectivity index (χ1v) is 7.04. The van der Waals surface area contributed by atoms with Gasteiger partial charge in [-0.15, -0.1) is 0 Å². The van der Waals surface area contributed by atoms with E-state index >= 15 is 0 Å². The molecule has 1 saturated heterocycles. The number of benzene rings is 1. The molecule has 1 N–H and O–H groups in total. The maximum absolute atomic E-state index is 13.2. The Morgan fingerprint density at radius 1 is 1.45 bits per heavy atom. The van der Waals surface area contributed by atoms with Crippen LogP contribution in [0, 0.1) is 5.82 Å². The van der Waals surface area contributed by atoms with Crippen molar-refractivity contribution in [3.63, 3.8) is 0 Å². The Morgan fingerprint density at radius 2 is 2.35 bits per heavy atom. The van der Waals surface area contributed by atoms with Crippen LogP contribution in [-0.2, 0) is 12.0 Å². The maximum Gasteiger partial charge on any atom is 0.246 e. The molecule has 106 valence electrons. The molecule has 20 heavy (non-hydrogen) atoms. The summed E-state index contributed by atoms with van der Waals surface area (Å²) < 4.78 is 18.6. The third kappa shape index (κ3) is 2.45. The van der Waals surface area contributed by atoms with E-state index in [0.717, 1.165) is 31.4 Å². The molecule has 2 heterocycles. The fraction of sp³-hybridized carbons (Fsp3) is 0.467. The summed E-state index contributed by atoms with van der Waals surface area (Å²) in [7, 11) is 0. The van der Waals surface area contributed by atoms with Crippen molar-refractivity contribution in [2.75, 3.05) is 6.54 Å². The number of nitrogens with zero attached hydrogens (tertiary/aromatic N) is 2. The van der Waals surface area contributed by atoms with Gasteiger partial charge in [-0.05, 0) is 43.5 Å². The van der Waals surface area contributed by atoms with Crippen LogP contribution in [-0.4, -0.2) is 16.7 Å². The van der Waals surface area contributed by atoms with Crippen LogP contribution >= 0.6 is 0 Å². The predicted octanol–water partition coefficient (Wildman–Crippen LogP) is 2.79. The van der Waals surface area contributed by atoms with Gasteiger partial charge in [0.2, 0.25) is 5.89 Å². The van der Waals surface area contributed by atoms with Crippen molar-refractivity contribution < 1.29 is 8.91 Å². The van der Waals surface area contributed by atoms with Crippen LogP contribution in [0.2, 0.25) is 0 Å². The first-order valence-electron chi connectivity index (χ1n) is 7.04. The summed E-state index contributed by atoms with van der Waals surface area (Å²) in [5.41, 5.74) is 0.676. The number of hydrogen-bond acceptors (Lipinski definition) is 4. The Bertz CT molecular complexity index is 590. The minimum absolute atomic E-state index is 0.173. The average molecular weight is 275 g/mol. The van der Waals surface area contributed by atoms with Crippen molar-refractivity contribution in [2.24, 2.45) is 0 Å². The Morgan fingerprint density at radius 3 is 3.05 bits per heavy atom. The SMILES string of the molecule is CCC1(c2nc(Cc3cccc(F)c3)no2)CCCN1. The third-order valence-corrected chi connectivity index (χ3v) is 3.98. The average Bonchev–Trinajstić information content (AvgIpc) is 3.08. The molecule has 1 aromatic heterocycles. The predicted molar refractivity (Wildman–Crippen MR) is 72.7 cm³/mol. The van der Waals surface area contributed by atoms with E-state index in [1.165, 1.54) is 12.1 Å². The molecule has 0 bridgehead atoms. The van der Waals surface area contributed by atoms with Gasteiger partial charge in [0.15, 0.2) is 5.82 Å². The standard InChI is InChI=1S/C15H18FN3O/c1-2-15(7-4-8-17-15)14-18-13(19-20-14)10-11-5-3-6-12(16)9-11/h3,5-6,9,17H,2,4,7-8,10H2,1H3. The molecule has 1 fully saturated rings. The van der Waals surface area contributed by atoms with E-state index in [9.17, 15) is 4.39 Å². The highest BCUT2D eigenvalue weighted by molar-refractivity contribution is 5.20. The summed E-state index contributed by atoms with van der Waals surface area (Å²) in [6, 6.07) is 6.49. The van der Waals surface area contributed by atoms with E-state index < -0.39 is 0 Å². The minimum Gasteiger partial charge on any atom is -0.337 e. The zero-order valence-electron chi connectivity index (χ0n) is 11.5. The summed E-state index contributed by atoms with van der Waals surface area (Å²) >= 11 is 0. The summed E-state index contributed by atoms with van der Waals surface area (Å²) in [4.78, 5) is 4.50. The largest absolute Gasteiger partial charge is 0.337 e. The summed E-state index contributed by atoms with van der Waals surface area (Å²) in [6.07, 6.45) is 3.55. The molecule has 0 saturated carbocycles. The molecule has 5 heteroatoms. The fourth-order valence-corrected chi connectivity index (χ4v) is 2.79. The van der Waals surface area contributed by atoms with Gasteiger partial charge in [0.1, 0.15) is 5.82 Å². The molecule has 4 nitrogen and oxygen atoms in total. The Balaban J connectivity index is 1.80. The van der Waals surface area contributed by atoms with Crippen LogP contribution in [0.4, 0.5) is 4.39 Å². The molecule has 2 aromatic rings. The number of aromatic nitrogens is 2. The monoisotopic (exact) mass is 275 g/mol. The van der Waals surface area contributed by atoms with Gasteiger partial charge in [0, 0.05) is 6.42 Å². The van der Waals surface area contributed by atoms with E-state index in [0.29, 0.717) is 18.1 Å². The van der Waals surface area contributed by atoms with Crippen molar-refractivity contribution in [3.05, 3.63) is 47.4 Å². The van der Waals surface area contributed by atoms with Crippen LogP contribution in [0.1, 0.15) is 43.5 Å². The second-order valence-corrected chi connectivity index (χ2v) is 5.29. The van der Waals surface area contributed by atoms with E-state index in [1.54, 1.807) is 6.07 Å². The molecule has 1 aliphatic heterocycles. The van der Waals surface area contributed by atoms with Crippen molar-refractivity contribution in [1.29, 1.82) is 0 Å². The topological polar surface area (TPSA) is 51.0 Å². The van der Waals surface area contributed by atoms with Crippen molar-refractivity contribution in [3.8, 4) is 0 Å². The molecule has 1 unspecified atom stereocenters. The van der Waals surface area contributed by atoms with Crippen LogP contribution in [0.15, 0.2) is 28.8 Å². The summed E-state index contributed by atoms with van der Waals surface area (Å²) in [5.74, 6) is 1.02. The van der Waals surface area contributed by atoms with Gasteiger partial charge < -0.3 is 9.84 Å². The number of hydrogen-bond donors (Lipinski definition) is 1. The highest BCUT2D eigenvalue weighted by Crippen LogP contribution is 2.32. The van der Waals surface area contributed by atoms with E-state index in [2.05, 4.69) is 22.4 Å². The number of nitrogens with one attached hydrogen (secondary N) is 1. The molecule has 1 aromatic carbocycles. The quantitative estimate of drug-likeness (QED) is 0.932. The Hall–Kier alpha value is -1.75. The molecule has 1 aliphatic rings. The van der Waals surface area contributed by atoms with Gasteiger partial charge in [-0.3, -0.25) is 0 Å². The van der Waals surface area contributed by atoms with Gasteiger partial charge in [-0.2, -0.15) is 4.98 Å². The van der Waals surface area contributed by atoms with Crippen molar-refractivity contribution >= 4 is 0 Å². The summed E-state index contributed by atoms with van der Waals surface area (Å²) in [5, 5.41) is 7.50. The van der Waals surface area contributed by atoms with Gasteiger partial charge >= 0.3 is 0 Å². The van der Waals surface area contributed by atoms with Crippen molar-refractivity contribution in [1.82, 2.24) is 15.5 Å². The fourth-order valence-electron chi connectivity index (χ4n) is 2.79. The smallest absolute Gasteiger partial charge is 0.246 e. The molecular formula is C15H18FN3O. The van der Waals surface area contributed by atoms with Gasteiger partial charge in [0.05, 0.1) is 5.54 Å². The lowest BCUT2D eigenvalue weighted by atomic mass is 9.94. The zero-order valence-corrected chi connectivity index (χ0v) is 11.5. The molecular weight excluding hydrogens is 257 g/mol. The van der Waals surface area contributed by atoms with E-state index in [1.807, 2.05) is 6.07 Å². The van der Waals surface area contributed by atoms with Gasteiger partial charge in [0.25, 0.3) is 0 Å². The molecule has 0 spiro atoms. The summed E-state index contributed by atoms with van der Waals surface area (Å²) in [6.45, 7) is 3.10. The number of rotatable bonds is 4. The lowest BCUT2D eigenvalue weighted by molar-refractivity contribution is 0.249. The molecule has 0 aliphatic carbocycles. The lowest BCUT2D eigenvalue weighted by Gasteiger charge is -2.22. The third-order valence-electron chi connectivity index (χ3n) is 3.98. The van der Waals surface area contributed by atoms with E-state index in [4.69, 9.17) is 4.52 Å². The Labute approximate surface area is 117 Å². The van der Waals surface area contributed by atoms with Crippen LogP contribution in [0.25, 0.3) is 0 Å². The minimum atomic E-state index is -0.242. The zero-order chi connectivity index (χ0) is 14.0. The first kappa shape index (κ1) is 13.2. The van der Waals surface area contributed by atoms with Crippen molar-refractivity contribution in [2.45, 2.75) is 38.1 Å². The second-order valence-electron chi connectivity index (χ2n) is 5.29. The molecule has 3 rings (SSSR count). The van der Waals surface area contributed by atoms with E-state index in [-0.39, 0.29) is 11.4 Å². The highest BCUT2D eigenvalue weighted by atomic mass is 19.1. The van der Waals surface area contributed by atoms with Gasteiger partial charge in [-0.25, -0.2) is 4.39 Å². The molecule has 0 radical (unpaired) electrons. The lowest BCUT2D eigenvalue weighted by Crippen LogP contribution is -2.36. The highest BCUT2D eigenvalue weighted by Gasteiger charge is 2.38. The normalized spacial score (nSPS) is 22.3.